The van der Waals surface area contributed by atoms with Gasteiger partial charge in [0.2, 0.25) is 0 Å². The predicted octanol–water partition coefficient (Wildman–Crippen LogP) is 2.02. The second-order valence-electron chi connectivity index (χ2n) is 4.68. The summed E-state index contributed by atoms with van der Waals surface area (Å²) in [6.07, 6.45) is 4.20. The Morgan fingerprint density at radius 3 is 3.11 bits per heavy atom. The lowest BCUT2D eigenvalue weighted by Gasteiger charge is -2.33. The van der Waals surface area contributed by atoms with Crippen molar-refractivity contribution in [3.8, 4) is 0 Å². The van der Waals surface area contributed by atoms with Crippen molar-refractivity contribution in [2.45, 2.75) is 38.6 Å². The van der Waals surface area contributed by atoms with Crippen molar-refractivity contribution in [1.82, 2.24) is 9.88 Å². The van der Waals surface area contributed by atoms with E-state index in [0.717, 1.165) is 38.0 Å². The minimum atomic E-state index is -0.0873. The van der Waals surface area contributed by atoms with Crippen molar-refractivity contribution in [3.05, 3.63) is 16.1 Å². The van der Waals surface area contributed by atoms with E-state index in [9.17, 15) is 4.79 Å². The summed E-state index contributed by atoms with van der Waals surface area (Å²) in [4.78, 5) is 19.6. The highest BCUT2D eigenvalue weighted by Gasteiger charge is 2.29. The first-order chi connectivity index (χ1) is 8.72. The Morgan fingerprint density at radius 2 is 2.44 bits per heavy atom. The molecule has 2 rings (SSSR count). The largest absolute Gasteiger partial charge is 0.468 e. The van der Waals surface area contributed by atoms with E-state index in [-0.39, 0.29) is 12.0 Å². The van der Waals surface area contributed by atoms with Crippen LogP contribution in [0.4, 0.5) is 0 Å². The number of esters is 1. The number of nitrogens with zero attached hydrogens (tertiary/aromatic N) is 2. The van der Waals surface area contributed by atoms with Gasteiger partial charge in [0, 0.05) is 11.4 Å². The third kappa shape index (κ3) is 3.09. The molecule has 18 heavy (non-hydrogen) atoms. The van der Waals surface area contributed by atoms with Gasteiger partial charge in [-0.2, -0.15) is 0 Å². The first kappa shape index (κ1) is 13.5. The number of hydrogen-bond donors (Lipinski definition) is 0. The Labute approximate surface area is 112 Å². The fourth-order valence-electron chi connectivity index (χ4n) is 2.47. The minimum Gasteiger partial charge on any atom is -0.468 e. The molecule has 1 aromatic rings. The summed E-state index contributed by atoms with van der Waals surface area (Å²) in [5.74, 6) is -0.0873. The van der Waals surface area contributed by atoms with E-state index in [1.807, 2.05) is 12.4 Å². The van der Waals surface area contributed by atoms with Crippen LogP contribution in [0.5, 0.6) is 0 Å². The molecule has 100 valence electrons. The summed E-state index contributed by atoms with van der Waals surface area (Å²) in [7, 11) is 1.47. The van der Waals surface area contributed by atoms with Crippen LogP contribution in [0, 0.1) is 6.92 Å². The monoisotopic (exact) mass is 268 g/mol. The van der Waals surface area contributed by atoms with Gasteiger partial charge in [-0.05, 0) is 32.7 Å². The number of aromatic nitrogens is 1. The number of aryl methyl sites for hydroxylation is 1. The molecular weight excluding hydrogens is 248 g/mol. The van der Waals surface area contributed by atoms with Crippen LogP contribution in [0.25, 0.3) is 0 Å². The van der Waals surface area contributed by atoms with Gasteiger partial charge < -0.3 is 4.74 Å². The van der Waals surface area contributed by atoms with Gasteiger partial charge in [0.25, 0.3) is 0 Å². The van der Waals surface area contributed by atoms with E-state index in [1.165, 1.54) is 18.4 Å². The summed E-state index contributed by atoms with van der Waals surface area (Å²) in [5, 5.41) is 0. The zero-order valence-corrected chi connectivity index (χ0v) is 11.8. The number of carbonyl (C=O) groups excluding carboxylic acids is 1. The Balaban J connectivity index is 1.93. The van der Waals surface area contributed by atoms with Crippen molar-refractivity contribution in [3.63, 3.8) is 0 Å². The molecule has 0 aromatic carbocycles. The number of likely N-dealkylation sites (tertiary alicyclic amines) is 1. The molecule has 4 nitrogen and oxygen atoms in total. The van der Waals surface area contributed by atoms with Gasteiger partial charge in [-0.15, -0.1) is 11.3 Å². The van der Waals surface area contributed by atoms with Crippen molar-refractivity contribution in [1.29, 1.82) is 0 Å². The SMILES string of the molecule is COC(=O)[C@H]1CCCCN1CCc1scnc1C. The van der Waals surface area contributed by atoms with Gasteiger partial charge in [0.15, 0.2) is 0 Å². The molecule has 0 saturated carbocycles. The summed E-state index contributed by atoms with van der Waals surface area (Å²) < 4.78 is 4.89. The van der Waals surface area contributed by atoms with Crippen LogP contribution in [0.3, 0.4) is 0 Å². The van der Waals surface area contributed by atoms with E-state index >= 15 is 0 Å². The molecule has 0 radical (unpaired) electrons. The lowest BCUT2D eigenvalue weighted by atomic mass is 10.0. The Bertz CT molecular complexity index is 405. The molecule has 5 heteroatoms. The number of thiazole rings is 1. The van der Waals surface area contributed by atoms with Gasteiger partial charge in [-0.1, -0.05) is 6.42 Å². The second-order valence-corrected chi connectivity index (χ2v) is 5.62. The molecule has 2 heterocycles. The highest BCUT2D eigenvalue weighted by molar-refractivity contribution is 7.09. The van der Waals surface area contributed by atoms with E-state index in [2.05, 4.69) is 9.88 Å². The maximum atomic E-state index is 11.7. The number of carbonyl (C=O) groups is 1. The molecule has 0 N–H and O–H groups in total. The summed E-state index contributed by atoms with van der Waals surface area (Å²) in [6.45, 7) is 3.96. The first-order valence-corrected chi connectivity index (χ1v) is 7.31. The molecule has 1 aromatic heterocycles. The van der Waals surface area contributed by atoms with Gasteiger partial charge >= 0.3 is 5.97 Å². The number of ether oxygens (including phenoxy) is 1. The number of rotatable bonds is 4. The van der Waals surface area contributed by atoms with E-state index in [4.69, 9.17) is 4.74 Å². The average molecular weight is 268 g/mol. The zero-order chi connectivity index (χ0) is 13.0. The molecule has 1 atom stereocenters. The van der Waals surface area contributed by atoms with Crippen molar-refractivity contribution >= 4 is 17.3 Å². The molecular formula is C13H20N2O2S. The van der Waals surface area contributed by atoms with Gasteiger partial charge in [-0.3, -0.25) is 9.69 Å². The molecule has 0 aliphatic carbocycles. The van der Waals surface area contributed by atoms with Crippen LogP contribution in [-0.4, -0.2) is 42.1 Å². The maximum Gasteiger partial charge on any atom is 0.323 e. The second kappa shape index (κ2) is 6.29. The Kier molecular flexibility index (Phi) is 4.72. The van der Waals surface area contributed by atoms with Gasteiger partial charge in [-0.25, -0.2) is 4.98 Å². The van der Waals surface area contributed by atoms with Crippen molar-refractivity contribution in [2.75, 3.05) is 20.2 Å². The van der Waals surface area contributed by atoms with Gasteiger partial charge in [0.1, 0.15) is 6.04 Å². The lowest BCUT2D eigenvalue weighted by molar-refractivity contribution is -0.148. The fraction of sp³-hybridized carbons (Fsp3) is 0.692. The maximum absolute atomic E-state index is 11.7. The molecule has 0 unspecified atom stereocenters. The number of piperidine rings is 1. The molecule has 1 aliphatic rings. The van der Waals surface area contributed by atoms with Crippen LogP contribution in [-0.2, 0) is 16.0 Å². The number of methoxy groups -OCH3 is 1. The van der Waals surface area contributed by atoms with Crippen LogP contribution in [0.1, 0.15) is 29.8 Å². The smallest absolute Gasteiger partial charge is 0.323 e. The van der Waals surface area contributed by atoms with Crippen LogP contribution >= 0.6 is 11.3 Å². The van der Waals surface area contributed by atoms with Crippen molar-refractivity contribution in [2.24, 2.45) is 0 Å². The van der Waals surface area contributed by atoms with E-state index < -0.39 is 0 Å². The summed E-state index contributed by atoms with van der Waals surface area (Å²) in [6, 6.07) is -0.0445. The highest BCUT2D eigenvalue weighted by atomic mass is 32.1. The molecule has 0 spiro atoms. The first-order valence-electron chi connectivity index (χ1n) is 6.43. The topological polar surface area (TPSA) is 42.4 Å². The third-order valence-corrected chi connectivity index (χ3v) is 4.55. The van der Waals surface area contributed by atoms with Crippen LogP contribution < -0.4 is 0 Å². The van der Waals surface area contributed by atoms with E-state index in [0.29, 0.717) is 0 Å². The standard InChI is InChI=1S/C13H20N2O2S/c1-10-12(18-9-14-10)6-8-15-7-4-3-5-11(15)13(16)17-2/h9,11H,3-8H2,1-2H3/t11-/m1/s1. The summed E-state index contributed by atoms with van der Waals surface area (Å²) in [5.41, 5.74) is 3.00. The van der Waals surface area contributed by atoms with Crippen molar-refractivity contribution < 1.29 is 9.53 Å². The minimum absolute atomic E-state index is 0.0445. The fourth-order valence-corrected chi connectivity index (χ4v) is 3.24. The molecule has 0 bridgehead atoms. The molecule has 1 fully saturated rings. The molecule has 1 aliphatic heterocycles. The van der Waals surface area contributed by atoms with E-state index in [1.54, 1.807) is 11.3 Å². The number of hydrogen-bond acceptors (Lipinski definition) is 5. The third-order valence-electron chi connectivity index (χ3n) is 3.56. The van der Waals surface area contributed by atoms with Gasteiger partial charge in [0.05, 0.1) is 18.3 Å². The zero-order valence-electron chi connectivity index (χ0n) is 11.0. The Morgan fingerprint density at radius 1 is 1.61 bits per heavy atom. The average Bonchev–Trinajstić information content (AvgIpc) is 2.81. The highest BCUT2D eigenvalue weighted by Crippen LogP contribution is 2.20. The van der Waals surface area contributed by atoms with Crippen LogP contribution in [0.2, 0.25) is 0 Å². The normalized spacial score (nSPS) is 20.9. The predicted molar refractivity (Wildman–Crippen MR) is 71.8 cm³/mol. The van der Waals surface area contributed by atoms with Crippen LogP contribution in [0.15, 0.2) is 5.51 Å². The molecule has 0 amide bonds. The summed E-state index contributed by atoms with van der Waals surface area (Å²) >= 11 is 1.70. The molecule has 1 saturated heterocycles. The quantitative estimate of drug-likeness (QED) is 0.784. The Hall–Kier alpha value is -0.940. The lowest BCUT2D eigenvalue weighted by Crippen LogP contribution is -2.46.